The van der Waals surface area contributed by atoms with E-state index in [0.717, 1.165) is 17.5 Å². The summed E-state index contributed by atoms with van der Waals surface area (Å²) in [5.41, 5.74) is 3.97. The molecule has 4 heteroatoms. The molecule has 0 heterocycles. The van der Waals surface area contributed by atoms with E-state index in [0.29, 0.717) is 18.0 Å². The van der Waals surface area contributed by atoms with Crippen LogP contribution in [0.2, 0.25) is 0 Å². The third-order valence-corrected chi connectivity index (χ3v) is 4.53. The Balaban J connectivity index is 1.78. The third kappa shape index (κ3) is 6.55. The summed E-state index contributed by atoms with van der Waals surface area (Å²) in [5, 5.41) is 5.80. The number of rotatable bonds is 8. The van der Waals surface area contributed by atoms with Gasteiger partial charge in [-0.15, -0.1) is 0 Å². The fourth-order valence-electron chi connectivity index (χ4n) is 3.02. The molecule has 0 fully saturated rings. The smallest absolute Gasteiger partial charge is 0.251 e. The summed E-state index contributed by atoms with van der Waals surface area (Å²) in [5.74, 6) is 0.413. The maximum absolute atomic E-state index is 12.2. The van der Waals surface area contributed by atoms with Gasteiger partial charge in [-0.05, 0) is 48.9 Å². The van der Waals surface area contributed by atoms with Gasteiger partial charge in [0.05, 0.1) is 6.04 Å². The second-order valence-corrected chi connectivity index (χ2v) is 7.45. The topological polar surface area (TPSA) is 58.2 Å². The van der Waals surface area contributed by atoms with Crippen molar-refractivity contribution in [2.24, 2.45) is 5.92 Å². The lowest BCUT2D eigenvalue weighted by atomic mass is 10.00. The summed E-state index contributed by atoms with van der Waals surface area (Å²) in [7, 11) is 0. The molecule has 0 aliphatic heterocycles. The van der Waals surface area contributed by atoms with Crippen molar-refractivity contribution in [1.82, 2.24) is 10.6 Å². The van der Waals surface area contributed by atoms with Crippen molar-refractivity contribution in [3.63, 3.8) is 0 Å². The summed E-state index contributed by atoms with van der Waals surface area (Å²) >= 11 is 0. The van der Waals surface area contributed by atoms with E-state index in [1.807, 2.05) is 32.0 Å². The van der Waals surface area contributed by atoms with Crippen LogP contribution in [-0.2, 0) is 11.2 Å². The predicted molar refractivity (Wildman–Crippen MR) is 110 cm³/mol. The Labute approximate surface area is 162 Å². The zero-order valence-electron chi connectivity index (χ0n) is 16.7. The molecule has 27 heavy (non-hydrogen) atoms. The van der Waals surface area contributed by atoms with Crippen molar-refractivity contribution in [2.45, 2.75) is 46.6 Å². The molecule has 0 spiro atoms. The summed E-state index contributed by atoms with van der Waals surface area (Å²) in [6, 6.07) is 15.8. The maximum atomic E-state index is 12.2. The van der Waals surface area contributed by atoms with Crippen LogP contribution >= 0.6 is 0 Å². The molecule has 144 valence electrons. The summed E-state index contributed by atoms with van der Waals surface area (Å²) < 4.78 is 0. The van der Waals surface area contributed by atoms with Gasteiger partial charge in [-0.3, -0.25) is 9.59 Å². The minimum atomic E-state index is -0.144. The van der Waals surface area contributed by atoms with Gasteiger partial charge in [0.2, 0.25) is 5.91 Å². The Morgan fingerprint density at radius 3 is 2.26 bits per heavy atom. The van der Waals surface area contributed by atoms with Crippen molar-refractivity contribution >= 4 is 11.8 Å². The molecule has 2 amide bonds. The van der Waals surface area contributed by atoms with E-state index >= 15 is 0 Å². The van der Waals surface area contributed by atoms with E-state index in [4.69, 9.17) is 0 Å². The minimum absolute atomic E-state index is 0.0577. The summed E-state index contributed by atoms with van der Waals surface area (Å²) in [4.78, 5) is 24.3. The van der Waals surface area contributed by atoms with E-state index < -0.39 is 0 Å². The molecular formula is C23H30N2O2. The molecular weight excluding hydrogens is 336 g/mol. The second kappa shape index (κ2) is 9.91. The number of hydrogen-bond acceptors (Lipinski definition) is 2. The lowest BCUT2D eigenvalue weighted by Gasteiger charge is -2.15. The highest BCUT2D eigenvalue weighted by Gasteiger charge is 2.11. The first-order valence-corrected chi connectivity index (χ1v) is 9.59. The van der Waals surface area contributed by atoms with Crippen LogP contribution in [0.4, 0.5) is 0 Å². The molecule has 0 aromatic heterocycles. The first-order chi connectivity index (χ1) is 12.9. The van der Waals surface area contributed by atoms with Crippen molar-refractivity contribution in [3.8, 4) is 0 Å². The Morgan fingerprint density at radius 1 is 0.963 bits per heavy atom. The fraction of sp³-hybridized carbons (Fsp3) is 0.391. The van der Waals surface area contributed by atoms with Crippen molar-refractivity contribution in [2.75, 3.05) is 6.54 Å². The Bertz CT molecular complexity index is 766. The van der Waals surface area contributed by atoms with Gasteiger partial charge in [0.1, 0.15) is 0 Å². The van der Waals surface area contributed by atoms with Crippen molar-refractivity contribution in [3.05, 3.63) is 70.8 Å². The first-order valence-electron chi connectivity index (χ1n) is 9.59. The molecule has 0 aliphatic carbocycles. The van der Waals surface area contributed by atoms with Crippen LogP contribution in [0.5, 0.6) is 0 Å². The number of hydrogen-bond donors (Lipinski definition) is 2. The summed E-state index contributed by atoms with van der Waals surface area (Å²) in [6.45, 7) is 8.60. The number of nitrogens with one attached hydrogen (secondary N) is 2. The Hall–Kier alpha value is -2.62. The molecule has 2 N–H and O–H groups in total. The molecule has 0 unspecified atom stereocenters. The molecule has 0 saturated heterocycles. The molecule has 0 bridgehead atoms. The van der Waals surface area contributed by atoms with Crippen LogP contribution in [0.15, 0.2) is 48.5 Å². The van der Waals surface area contributed by atoms with E-state index in [2.05, 4.69) is 48.7 Å². The molecule has 4 nitrogen and oxygen atoms in total. The number of carbonyl (C=O) groups excluding carboxylic acids is 2. The van der Waals surface area contributed by atoms with E-state index in [1.54, 1.807) is 6.07 Å². The number of amides is 2. The molecule has 2 rings (SSSR count). The first kappa shape index (κ1) is 20.7. The van der Waals surface area contributed by atoms with Crippen LogP contribution in [-0.4, -0.2) is 18.4 Å². The molecule has 1 atom stereocenters. The van der Waals surface area contributed by atoms with Gasteiger partial charge in [-0.2, -0.15) is 0 Å². The molecule has 2 aromatic carbocycles. The highest BCUT2D eigenvalue weighted by atomic mass is 16.2. The minimum Gasteiger partial charge on any atom is -0.352 e. The normalized spacial score (nSPS) is 11.9. The molecule has 0 aliphatic rings. The molecule has 0 saturated carbocycles. The van der Waals surface area contributed by atoms with Gasteiger partial charge >= 0.3 is 0 Å². The van der Waals surface area contributed by atoms with Gasteiger partial charge in [-0.25, -0.2) is 0 Å². The monoisotopic (exact) mass is 366 g/mol. The summed E-state index contributed by atoms with van der Waals surface area (Å²) in [6.07, 6.45) is 1.31. The zero-order valence-corrected chi connectivity index (χ0v) is 16.7. The van der Waals surface area contributed by atoms with Crippen LogP contribution < -0.4 is 10.6 Å². The van der Waals surface area contributed by atoms with Crippen LogP contribution in [0, 0.1) is 12.8 Å². The lowest BCUT2D eigenvalue weighted by Crippen LogP contribution is -2.32. The average molecular weight is 367 g/mol. The third-order valence-electron chi connectivity index (χ3n) is 4.53. The Kier molecular flexibility index (Phi) is 7.59. The van der Waals surface area contributed by atoms with E-state index in [9.17, 15) is 9.59 Å². The standard InChI is InChI=1S/C23H30N2O2/c1-16(2)15-19-9-11-20(12-10-19)18(4)25-22(26)13-14-24-23(27)21-8-6-5-7-17(21)3/h5-12,16,18H,13-15H2,1-4H3,(H,24,27)(H,25,26)/t18-/m1/s1. The lowest BCUT2D eigenvalue weighted by molar-refractivity contribution is -0.121. The van der Waals surface area contributed by atoms with Crippen LogP contribution in [0.3, 0.4) is 0 Å². The van der Waals surface area contributed by atoms with Gasteiger partial charge < -0.3 is 10.6 Å². The van der Waals surface area contributed by atoms with Gasteiger partial charge in [-0.1, -0.05) is 56.3 Å². The number of benzene rings is 2. The fourth-order valence-corrected chi connectivity index (χ4v) is 3.02. The van der Waals surface area contributed by atoms with E-state index in [1.165, 1.54) is 5.56 Å². The highest BCUT2D eigenvalue weighted by molar-refractivity contribution is 5.95. The van der Waals surface area contributed by atoms with Gasteiger partial charge in [0.25, 0.3) is 5.91 Å². The van der Waals surface area contributed by atoms with Gasteiger partial charge in [0, 0.05) is 18.5 Å². The SMILES string of the molecule is Cc1ccccc1C(=O)NCCC(=O)N[C@H](C)c1ccc(CC(C)C)cc1. The molecule has 0 radical (unpaired) electrons. The number of carbonyl (C=O) groups is 2. The maximum Gasteiger partial charge on any atom is 0.251 e. The quantitative estimate of drug-likeness (QED) is 0.736. The van der Waals surface area contributed by atoms with Crippen LogP contribution in [0.1, 0.15) is 60.3 Å². The van der Waals surface area contributed by atoms with Crippen molar-refractivity contribution in [1.29, 1.82) is 0 Å². The highest BCUT2D eigenvalue weighted by Crippen LogP contribution is 2.15. The van der Waals surface area contributed by atoms with Gasteiger partial charge in [0.15, 0.2) is 0 Å². The zero-order chi connectivity index (χ0) is 19.8. The second-order valence-electron chi connectivity index (χ2n) is 7.45. The molecule has 2 aromatic rings. The van der Waals surface area contributed by atoms with Crippen LogP contribution in [0.25, 0.3) is 0 Å². The predicted octanol–water partition coefficient (Wildman–Crippen LogP) is 4.19. The number of aryl methyl sites for hydroxylation is 1. The Morgan fingerprint density at radius 2 is 1.63 bits per heavy atom. The van der Waals surface area contributed by atoms with E-state index in [-0.39, 0.29) is 24.3 Å². The van der Waals surface area contributed by atoms with Crippen molar-refractivity contribution < 1.29 is 9.59 Å². The average Bonchev–Trinajstić information content (AvgIpc) is 2.62. The largest absolute Gasteiger partial charge is 0.352 e.